The minimum atomic E-state index is -0.572. The third kappa shape index (κ3) is 6.07. The van der Waals surface area contributed by atoms with Crippen LogP contribution in [0.3, 0.4) is 0 Å². The lowest BCUT2D eigenvalue weighted by atomic mass is 9.78. The lowest BCUT2D eigenvalue weighted by Crippen LogP contribution is -2.59. The smallest absolute Gasteiger partial charge is 0.408 e. The molecule has 33 heavy (non-hydrogen) atoms. The second kappa shape index (κ2) is 9.36. The molecule has 1 saturated heterocycles. The highest BCUT2D eigenvalue weighted by Gasteiger charge is 2.47. The fourth-order valence-electron chi connectivity index (χ4n) is 4.29. The Labute approximate surface area is 193 Å². The number of pyridine rings is 1. The molecule has 10 heteroatoms. The van der Waals surface area contributed by atoms with Crippen LogP contribution in [0, 0.1) is 5.82 Å². The third-order valence-corrected chi connectivity index (χ3v) is 5.94. The lowest BCUT2D eigenvalue weighted by molar-refractivity contribution is -0.185. The summed E-state index contributed by atoms with van der Waals surface area (Å²) >= 11 is 0. The van der Waals surface area contributed by atoms with Crippen LogP contribution in [0.5, 0.6) is 0 Å². The summed E-state index contributed by atoms with van der Waals surface area (Å²) in [6.45, 7) is 7.90. The summed E-state index contributed by atoms with van der Waals surface area (Å²) in [6.07, 6.45) is 6.56. The largest absolute Gasteiger partial charge is 0.444 e. The fraction of sp³-hybridized carbons (Fsp3) is 0.609. The monoisotopic (exact) mass is 461 g/mol. The van der Waals surface area contributed by atoms with Gasteiger partial charge in [-0.1, -0.05) is 6.07 Å². The van der Waals surface area contributed by atoms with E-state index in [2.05, 4.69) is 20.7 Å². The maximum Gasteiger partial charge on any atom is 0.408 e. The van der Waals surface area contributed by atoms with Gasteiger partial charge in [-0.15, -0.1) is 0 Å². The van der Waals surface area contributed by atoms with Crippen molar-refractivity contribution in [2.75, 3.05) is 19.8 Å². The van der Waals surface area contributed by atoms with E-state index in [1.165, 1.54) is 10.9 Å². The van der Waals surface area contributed by atoms with Crippen LogP contribution in [0.1, 0.15) is 52.0 Å². The van der Waals surface area contributed by atoms with Crippen LogP contribution in [-0.2, 0) is 20.8 Å². The van der Waals surface area contributed by atoms with E-state index in [4.69, 9.17) is 14.2 Å². The number of rotatable bonds is 6. The van der Waals surface area contributed by atoms with Crippen molar-refractivity contribution in [3.63, 3.8) is 0 Å². The molecule has 1 amide bonds. The van der Waals surface area contributed by atoms with E-state index in [1.807, 2.05) is 26.8 Å². The topological polar surface area (TPSA) is 99.5 Å². The first kappa shape index (κ1) is 23.6. The summed E-state index contributed by atoms with van der Waals surface area (Å²) in [6, 6.07) is 3.70. The highest BCUT2D eigenvalue weighted by Crippen LogP contribution is 2.40. The molecule has 1 aliphatic carbocycles. The molecule has 2 aliphatic rings. The van der Waals surface area contributed by atoms with Crippen LogP contribution in [0.4, 0.5) is 9.18 Å². The first-order valence-electron chi connectivity index (χ1n) is 11.3. The van der Waals surface area contributed by atoms with Crippen molar-refractivity contribution in [2.45, 2.75) is 69.9 Å². The number of nitrogens with one attached hydrogen (secondary N) is 2. The molecule has 4 rings (SSSR count). The van der Waals surface area contributed by atoms with Crippen LogP contribution < -0.4 is 10.6 Å². The number of aromatic nitrogens is 3. The van der Waals surface area contributed by atoms with Crippen molar-refractivity contribution in [3.05, 3.63) is 42.1 Å². The highest BCUT2D eigenvalue weighted by atomic mass is 19.1. The van der Waals surface area contributed by atoms with Gasteiger partial charge >= 0.3 is 6.09 Å². The molecule has 180 valence electrons. The van der Waals surface area contributed by atoms with Gasteiger partial charge in [-0.2, -0.15) is 5.10 Å². The molecule has 1 spiro atoms. The van der Waals surface area contributed by atoms with E-state index in [-0.39, 0.29) is 0 Å². The van der Waals surface area contributed by atoms with Crippen molar-refractivity contribution in [2.24, 2.45) is 0 Å². The number of amides is 1. The second-order valence-electron chi connectivity index (χ2n) is 9.75. The zero-order valence-electron chi connectivity index (χ0n) is 19.4. The molecule has 0 radical (unpaired) electrons. The second-order valence-corrected chi connectivity index (χ2v) is 9.75. The maximum absolute atomic E-state index is 13.2. The predicted molar refractivity (Wildman–Crippen MR) is 118 cm³/mol. The van der Waals surface area contributed by atoms with Crippen molar-refractivity contribution in [1.82, 2.24) is 25.4 Å². The van der Waals surface area contributed by atoms with Gasteiger partial charge in [0, 0.05) is 32.1 Å². The molecule has 0 aromatic carbocycles. The number of carbonyl (C=O) groups is 1. The molecule has 2 fully saturated rings. The van der Waals surface area contributed by atoms with Crippen LogP contribution in [0.15, 0.2) is 30.7 Å². The third-order valence-electron chi connectivity index (χ3n) is 5.94. The first-order valence-corrected chi connectivity index (χ1v) is 11.3. The van der Waals surface area contributed by atoms with Gasteiger partial charge < -0.3 is 24.8 Å². The quantitative estimate of drug-likeness (QED) is 0.682. The van der Waals surface area contributed by atoms with Gasteiger partial charge in [0.1, 0.15) is 5.60 Å². The molecule has 3 heterocycles. The number of hydrogen-bond acceptors (Lipinski definition) is 7. The van der Waals surface area contributed by atoms with Crippen LogP contribution >= 0.6 is 0 Å². The van der Waals surface area contributed by atoms with Crippen LogP contribution in [-0.4, -0.2) is 57.5 Å². The van der Waals surface area contributed by atoms with Gasteiger partial charge in [0.25, 0.3) is 0 Å². The van der Waals surface area contributed by atoms with Gasteiger partial charge in [0.15, 0.2) is 17.4 Å². The maximum atomic E-state index is 13.2. The fourth-order valence-corrected chi connectivity index (χ4v) is 4.29. The van der Waals surface area contributed by atoms with Gasteiger partial charge in [-0.3, -0.25) is 0 Å². The molecule has 1 saturated carbocycles. The summed E-state index contributed by atoms with van der Waals surface area (Å²) in [5.41, 5.74) is -0.0754. The van der Waals surface area contributed by atoms with E-state index >= 15 is 0 Å². The average Bonchev–Trinajstić information content (AvgIpc) is 3.39. The summed E-state index contributed by atoms with van der Waals surface area (Å²) in [7, 11) is 0. The molecular formula is C23H32FN5O4. The molecule has 0 atom stereocenters. The van der Waals surface area contributed by atoms with E-state index < -0.39 is 28.8 Å². The van der Waals surface area contributed by atoms with Gasteiger partial charge in [0.2, 0.25) is 0 Å². The van der Waals surface area contributed by atoms with Crippen molar-refractivity contribution >= 4 is 6.09 Å². The van der Waals surface area contributed by atoms with Gasteiger partial charge in [-0.25, -0.2) is 18.9 Å². The Morgan fingerprint density at radius 1 is 1.18 bits per heavy atom. The minimum absolute atomic E-state index is 0.409. The molecule has 1 aliphatic heterocycles. The van der Waals surface area contributed by atoms with E-state index in [0.717, 1.165) is 11.8 Å². The molecular weight excluding hydrogens is 429 g/mol. The minimum Gasteiger partial charge on any atom is -0.444 e. The summed E-state index contributed by atoms with van der Waals surface area (Å²) in [5.74, 6) is -0.391. The van der Waals surface area contributed by atoms with E-state index in [0.29, 0.717) is 57.8 Å². The summed E-state index contributed by atoms with van der Waals surface area (Å²) in [4.78, 5) is 16.9. The van der Waals surface area contributed by atoms with Crippen molar-refractivity contribution < 1.29 is 23.4 Å². The zero-order valence-corrected chi connectivity index (χ0v) is 19.4. The average molecular weight is 462 g/mol. The Kier molecular flexibility index (Phi) is 6.69. The van der Waals surface area contributed by atoms with Gasteiger partial charge in [0.05, 0.1) is 31.1 Å². The standard InChI is InChI=1S/C23H32FN5O4/c1-21(2,3)33-20(30)28-22(6-8-23(9-7-22)31-10-11-32-23)16-25-12-17-4-5-19(26-13-17)29-15-18(24)14-27-29/h4-5,13-15,25H,6-12,16H2,1-3H3,(H,28,30). The highest BCUT2D eigenvalue weighted by molar-refractivity contribution is 5.69. The van der Waals surface area contributed by atoms with E-state index in [1.54, 1.807) is 12.3 Å². The Morgan fingerprint density at radius 2 is 1.91 bits per heavy atom. The number of ether oxygens (including phenoxy) is 3. The summed E-state index contributed by atoms with van der Waals surface area (Å²) in [5, 5.41) is 10.5. The van der Waals surface area contributed by atoms with Crippen LogP contribution in [0.2, 0.25) is 0 Å². The predicted octanol–water partition coefficient (Wildman–Crippen LogP) is 3.08. The number of carbonyl (C=O) groups excluding carboxylic acids is 1. The molecule has 0 unspecified atom stereocenters. The molecule has 2 aromatic rings. The molecule has 2 aromatic heterocycles. The molecule has 2 N–H and O–H groups in total. The number of halogens is 1. The molecule has 9 nitrogen and oxygen atoms in total. The Balaban J connectivity index is 1.37. The van der Waals surface area contributed by atoms with E-state index in [9.17, 15) is 9.18 Å². The Hall–Kier alpha value is -2.56. The SMILES string of the molecule is CC(C)(C)OC(=O)NC1(CNCc2ccc(-n3cc(F)cn3)nc2)CCC2(CC1)OCCO2. The Morgan fingerprint density at radius 3 is 2.48 bits per heavy atom. The normalized spacial score (nSPS) is 19.5. The number of nitrogens with zero attached hydrogens (tertiary/aromatic N) is 3. The van der Waals surface area contributed by atoms with Gasteiger partial charge in [-0.05, 0) is 45.2 Å². The van der Waals surface area contributed by atoms with Crippen molar-refractivity contribution in [1.29, 1.82) is 0 Å². The number of hydrogen-bond donors (Lipinski definition) is 2. The Bertz CT molecular complexity index is 941. The van der Waals surface area contributed by atoms with Crippen molar-refractivity contribution in [3.8, 4) is 5.82 Å². The number of alkyl carbamates (subject to hydrolysis) is 1. The van der Waals surface area contributed by atoms with Crippen LogP contribution in [0.25, 0.3) is 5.82 Å². The summed E-state index contributed by atoms with van der Waals surface area (Å²) < 4.78 is 31.8. The zero-order chi connectivity index (χ0) is 23.5. The lowest BCUT2D eigenvalue weighted by Gasteiger charge is -2.44. The molecule has 0 bridgehead atoms. The first-order chi connectivity index (χ1) is 15.7.